The van der Waals surface area contributed by atoms with E-state index >= 15 is 0 Å². The molecule has 0 unspecified atom stereocenters. The number of nitrogens with zero attached hydrogens (tertiary/aromatic N) is 3. The van der Waals surface area contributed by atoms with Gasteiger partial charge >= 0.3 is 0 Å². The van der Waals surface area contributed by atoms with Gasteiger partial charge in [0, 0.05) is 19.0 Å². The molecule has 1 amide bonds. The number of rotatable bonds is 4. The number of carbonyl (C=O) groups excluding carboxylic acids is 1. The number of carbonyl (C=O) groups is 1. The van der Waals surface area contributed by atoms with Crippen molar-refractivity contribution in [1.29, 1.82) is 0 Å². The van der Waals surface area contributed by atoms with Crippen LogP contribution in [0.3, 0.4) is 0 Å². The molecule has 0 atom stereocenters. The molecule has 1 aromatic rings. The van der Waals surface area contributed by atoms with Gasteiger partial charge in [-0.05, 0) is 13.8 Å². The van der Waals surface area contributed by atoms with E-state index in [0.29, 0.717) is 13.0 Å². The van der Waals surface area contributed by atoms with Crippen molar-refractivity contribution in [3.63, 3.8) is 0 Å². The molecule has 0 saturated heterocycles. The Morgan fingerprint density at radius 1 is 1.67 bits per heavy atom. The molecule has 0 aliphatic rings. The molecule has 1 rings (SSSR count). The molecule has 0 aromatic carbocycles. The second kappa shape index (κ2) is 4.39. The third-order valence-electron chi connectivity index (χ3n) is 1.86. The Kier molecular flexibility index (Phi) is 3.41. The molecular formula is C9H17N5O. The van der Waals surface area contributed by atoms with E-state index in [2.05, 4.69) is 15.5 Å². The molecule has 0 saturated carbocycles. The molecule has 84 valence electrons. The fraction of sp³-hybridized carbons (Fsp3) is 0.667. The Morgan fingerprint density at radius 2 is 2.33 bits per heavy atom. The van der Waals surface area contributed by atoms with Crippen LogP contribution < -0.4 is 11.1 Å². The van der Waals surface area contributed by atoms with Gasteiger partial charge in [-0.1, -0.05) is 0 Å². The Balaban J connectivity index is 2.38. The highest BCUT2D eigenvalue weighted by Gasteiger charge is 2.16. The number of nitrogens with one attached hydrogen (secondary N) is 1. The molecule has 0 aliphatic heterocycles. The van der Waals surface area contributed by atoms with E-state index in [1.807, 2.05) is 20.9 Å². The highest BCUT2D eigenvalue weighted by Crippen LogP contribution is 2.02. The van der Waals surface area contributed by atoms with Gasteiger partial charge in [0.05, 0.1) is 6.54 Å². The van der Waals surface area contributed by atoms with E-state index < -0.39 is 5.54 Å². The summed E-state index contributed by atoms with van der Waals surface area (Å²) >= 11 is 0. The van der Waals surface area contributed by atoms with Crippen LogP contribution in [0.5, 0.6) is 0 Å². The van der Waals surface area contributed by atoms with Crippen LogP contribution in [0, 0.1) is 0 Å². The molecule has 0 fully saturated rings. The summed E-state index contributed by atoms with van der Waals surface area (Å²) in [5, 5.41) is 10.3. The van der Waals surface area contributed by atoms with E-state index in [9.17, 15) is 4.79 Å². The van der Waals surface area contributed by atoms with Crippen LogP contribution in [0.1, 0.15) is 26.1 Å². The number of nitrogens with two attached hydrogens (primary N) is 1. The van der Waals surface area contributed by atoms with Gasteiger partial charge < -0.3 is 15.6 Å². The topological polar surface area (TPSA) is 85.8 Å². The lowest BCUT2D eigenvalue weighted by Crippen LogP contribution is -2.39. The van der Waals surface area contributed by atoms with Gasteiger partial charge in [-0.2, -0.15) is 0 Å². The number of aromatic nitrogens is 3. The third kappa shape index (κ3) is 4.07. The minimum absolute atomic E-state index is 0.0782. The zero-order valence-electron chi connectivity index (χ0n) is 9.32. The number of aryl methyl sites for hydroxylation is 1. The van der Waals surface area contributed by atoms with Gasteiger partial charge in [-0.15, -0.1) is 10.2 Å². The first-order valence-corrected chi connectivity index (χ1v) is 4.77. The van der Waals surface area contributed by atoms with Gasteiger partial charge in [0.2, 0.25) is 5.91 Å². The molecule has 0 spiro atoms. The van der Waals surface area contributed by atoms with E-state index in [4.69, 9.17) is 5.73 Å². The average Bonchev–Trinajstić information content (AvgIpc) is 2.44. The lowest BCUT2D eigenvalue weighted by molar-refractivity contribution is -0.122. The monoisotopic (exact) mass is 211 g/mol. The zero-order valence-corrected chi connectivity index (χ0v) is 9.32. The predicted molar refractivity (Wildman–Crippen MR) is 55.7 cm³/mol. The Hall–Kier alpha value is -1.43. The van der Waals surface area contributed by atoms with Crippen LogP contribution in [0.2, 0.25) is 0 Å². The van der Waals surface area contributed by atoms with Gasteiger partial charge in [-0.25, -0.2) is 0 Å². The minimum Gasteiger partial charge on any atom is -0.349 e. The smallest absolute Gasteiger partial charge is 0.222 e. The predicted octanol–water partition coefficient (Wildman–Crippen LogP) is -0.441. The van der Waals surface area contributed by atoms with Gasteiger partial charge in [0.1, 0.15) is 6.33 Å². The number of hydrogen-bond donors (Lipinski definition) is 2. The summed E-state index contributed by atoms with van der Waals surface area (Å²) in [4.78, 5) is 11.4. The maximum absolute atomic E-state index is 11.4. The summed E-state index contributed by atoms with van der Waals surface area (Å²) in [6.45, 7) is 4.01. The number of hydrogen-bond acceptors (Lipinski definition) is 4. The fourth-order valence-electron chi connectivity index (χ4n) is 1.12. The molecule has 6 heteroatoms. The van der Waals surface area contributed by atoms with E-state index in [1.54, 1.807) is 10.9 Å². The van der Waals surface area contributed by atoms with Crippen LogP contribution in [0.15, 0.2) is 6.33 Å². The lowest BCUT2D eigenvalue weighted by Gasteiger charge is -2.17. The molecule has 0 bridgehead atoms. The van der Waals surface area contributed by atoms with Gasteiger partial charge in [0.25, 0.3) is 0 Å². The molecule has 6 nitrogen and oxygen atoms in total. The van der Waals surface area contributed by atoms with Crippen LogP contribution in [0.25, 0.3) is 0 Å². The number of amides is 1. The fourth-order valence-corrected chi connectivity index (χ4v) is 1.12. The summed E-state index contributed by atoms with van der Waals surface area (Å²) in [5.74, 6) is 0.642. The molecular weight excluding hydrogens is 194 g/mol. The molecule has 0 aliphatic carbocycles. The molecule has 1 aromatic heterocycles. The highest BCUT2D eigenvalue weighted by molar-refractivity contribution is 5.76. The summed E-state index contributed by atoms with van der Waals surface area (Å²) < 4.78 is 1.76. The normalized spacial score (nSPS) is 11.5. The van der Waals surface area contributed by atoms with E-state index in [-0.39, 0.29) is 5.91 Å². The highest BCUT2D eigenvalue weighted by atomic mass is 16.1. The Morgan fingerprint density at radius 3 is 2.80 bits per heavy atom. The summed E-state index contributed by atoms with van der Waals surface area (Å²) in [6.07, 6.45) is 1.89. The lowest BCUT2D eigenvalue weighted by atomic mass is 10.0. The molecule has 1 heterocycles. The minimum atomic E-state index is -0.482. The van der Waals surface area contributed by atoms with Gasteiger partial charge in [0.15, 0.2) is 5.82 Å². The van der Waals surface area contributed by atoms with Crippen LogP contribution in [0.4, 0.5) is 0 Å². The molecule has 0 radical (unpaired) electrons. The van der Waals surface area contributed by atoms with E-state index in [0.717, 1.165) is 5.82 Å². The van der Waals surface area contributed by atoms with Crippen LogP contribution >= 0.6 is 0 Å². The van der Waals surface area contributed by atoms with Crippen LogP contribution in [-0.4, -0.2) is 26.2 Å². The second-order valence-electron chi connectivity index (χ2n) is 4.30. The van der Waals surface area contributed by atoms with Crippen molar-refractivity contribution in [1.82, 2.24) is 20.1 Å². The molecule has 3 N–H and O–H groups in total. The quantitative estimate of drug-likeness (QED) is 0.707. The third-order valence-corrected chi connectivity index (χ3v) is 1.86. The van der Waals surface area contributed by atoms with E-state index in [1.165, 1.54) is 0 Å². The average molecular weight is 211 g/mol. The van der Waals surface area contributed by atoms with Crippen LogP contribution in [-0.2, 0) is 18.4 Å². The Labute approximate surface area is 88.9 Å². The zero-order chi connectivity index (χ0) is 11.5. The standard InChI is InChI=1S/C9H17N5O/c1-9(2,10)4-8(15)11-5-7-13-12-6-14(7)3/h6H,4-5,10H2,1-3H3,(H,11,15). The summed E-state index contributed by atoms with van der Waals surface area (Å²) in [7, 11) is 1.83. The Bertz CT molecular complexity index is 339. The summed E-state index contributed by atoms with van der Waals surface area (Å²) in [6, 6.07) is 0. The van der Waals surface area contributed by atoms with Crippen molar-refractivity contribution in [2.75, 3.05) is 0 Å². The largest absolute Gasteiger partial charge is 0.349 e. The maximum Gasteiger partial charge on any atom is 0.222 e. The first-order valence-electron chi connectivity index (χ1n) is 4.77. The SMILES string of the molecule is Cn1cnnc1CNC(=O)CC(C)(C)N. The maximum atomic E-state index is 11.4. The van der Waals surface area contributed by atoms with Crippen molar-refractivity contribution in [2.24, 2.45) is 12.8 Å². The van der Waals surface area contributed by atoms with Crippen molar-refractivity contribution >= 4 is 5.91 Å². The second-order valence-corrected chi connectivity index (χ2v) is 4.30. The van der Waals surface area contributed by atoms with Crippen molar-refractivity contribution in [3.05, 3.63) is 12.2 Å². The molecule has 15 heavy (non-hydrogen) atoms. The van der Waals surface area contributed by atoms with Crippen molar-refractivity contribution in [3.8, 4) is 0 Å². The first kappa shape index (κ1) is 11.6. The van der Waals surface area contributed by atoms with Gasteiger partial charge in [-0.3, -0.25) is 4.79 Å². The van der Waals surface area contributed by atoms with Crippen molar-refractivity contribution in [2.45, 2.75) is 32.4 Å². The van der Waals surface area contributed by atoms with Crippen molar-refractivity contribution < 1.29 is 4.79 Å². The summed E-state index contributed by atoms with van der Waals surface area (Å²) in [5.41, 5.74) is 5.24. The first-order chi connectivity index (χ1) is 6.88.